The molecule has 1 aromatic heterocycles. The third kappa shape index (κ3) is 3.11. The van der Waals surface area contributed by atoms with E-state index in [0.717, 1.165) is 35.2 Å². The molecular weight excluding hydrogens is 254 g/mol. The third-order valence-corrected chi connectivity index (χ3v) is 3.07. The van der Waals surface area contributed by atoms with E-state index in [0.29, 0.717) is 6.61 Å². The monoisotopic (exact) mass is 275 g/mol. The van der Waals surface area contributed by atoms with Crippen LogP contribution in [0.25, 0.3) is 5.69 Å². The minimum absolute atomic E-state index is 0.646. The van der Waals surface area contributed by atoms with Crippen LogP contribution in [0.1, 0.15) is 11.3 Å². The first-order valence-electron chi connectivity index (χ1n) is 6.59. The number of nitrogens with zero attached hydrogens (tertiary/aromatic N) is 2. The Morgan fingerprint density at radius 1 is 1.25 bits per heavy atom. The lowest BCUT2D eigenvalue weighted by Gasteiger charge is -2.11. The number of ether oxygens (including phenoxy) is 2. The highest BCUT2D eigenvalue weighted by atomic mass is 16.5. The molecule has 0 atom stereocenters. The minimum atomic E-state index is 0.646. The van der Waals surface area contributed by atoms with Crippen LogP contribution in [0.5, 0.6) is 5.75 Å². The van der Waals surface area contributed by atoms with Crippen LogP contribution < -0.4 is 10.1 Å². The third-order valence-electron chi connectivity index (χ3n) is 3.07. The van der Waals surface area contributed by atoms with Gasteiger partial charge in [0.2, 0.25) is 5.95 Å². The summed E-state index contributed by atoms with van der Waals surface area (Å²) < 4.78 is 12.4. The Morgan fingerprint density at radius 2 is 2.05 bits per heavy atom. The van der Waals surface area contributed by atoms with Crippen molar-refractivity contribution < 1.29 is 9.47 Å². The van der Waals surface area contributed by atoms with Gasteiger partial charge in [-0.25, -0.2) is 4.98 Å². The van der Waals surface area contributed by atoms with Gasteiger partial charge in [0.05, 0.1) is 19.4 Å². The van der Waals surface area contributed by atoms with Gasteiger partial charge in [-0.3, -0.25) is 4.57 Å². The van der Waals surface area contributed by atoms with E-state index in [1.807, 2.05) is 36.7 Å². The Balaban J connectivity index is 2.29. The van der Waals surface area contributed by atoms with E-state index in [9.17, 15) is 0 Å². The predicted molar refractivity (Wildman–Crippen MR) is 80.0 cm³/mol. The Bertz CT molecular complexity index is 578. The van der Waals surface area contributed by atoms with E-state index in [2.05, 4.69) is 16.4 Å². The van der Waals surface area contributed by atoms with E-state index < -0.39 is 0 Å². The molecule has 1 N–H and O–H groups in total. The number of methoxy groups -OCH3 is 2. The number of aromatic nitrogens is 2. The molecule has 1 heterocycles. The molecule has 5 heteroatoms. The number of hydrogen-bond acceptors (Lipinski definition) is 4. The van der Waals surface area contributed by atoms with Gasteiger partial charge in [-0.05, 0) is 37.6 Å². The fourth-order valence-electron chi connectivity index (χ4n) is 2.10. The molecule has 20 heavy (non-hydrogen) atoms. The molecular formula is C15H21N3O2. The smallest absolute Gasteiger partial charge is 0.207 e. The van der Waals surface area contributed by atoms with Crippen LogP contribution in [0.4, 0.5) is 5.95 Å². The standard InChI is InChI=1S/C15H21N3O2/c1-11-9-13(5-6-14(11)20-4)18-10-12(2)17-15(18)16-7-8-19-3/h5-6,9-10H,7-8H2,1-4H3,(H,16,17). The van der Waals surface area contributed by atoms with Crippen LogP contribution in [0.2, 0.25) is 0 Å². The SMILES string of the molecule is COCCNc1nc(C)cn1-c1ccc(OC)c(C)c1. The van der Waals surface area contributed by atoms with Crippen molar-refractivity contribution in [1.82, 2.24) is 9.55 Å². The molecule has 0 aliphatic carbocycles. The maximum atomic E-state index is 5.29. The van der Waals surface area contributed by atoms with Crippen molar-refractivity contribution in [2.45, 2.75) is 13.8 Å². The maximum Gasteiger partial charge on any atom is 0.207 e. The van der Waals surface area contributed by atoms with Crippen LogP contribution in [-0.4, -0.2) is 36.9 Å². The predicted octanol–water partition coefficient (Wildman–Crippen LogP) is 2.56. The molecule has 0 fully saturated rings. The number of benzene rings is 1. The summed E-state index contributed by atoms with van der Waals surface area (Å²) in [7, 11) is 3.37. The molecule has 2 rings (SSSR count). The highest BCUT2D eigenvalue weighted by Gasteiger charge is 2.08. The first-order valence-corrected chi connectivity index (χ1v) is 6.59. The minimum Gasteiger partial charge on any atom is -0.496 e. The van der Waals surface area contributed by atoms with E-state index in [4.69, 9.17) is 9.47 Å². The fourth-order valence-corrected chi connectivity index (χ4v) is 2.10. The van der Waals surface area contributed by atoms with Crippen molar-refractivity contribution in [2.75, 3.05) is 32.7 Å². The van der Waals surface area contributed by atoms with Gasteiger partial charge in [0, 0.05) is 25.5 Å². The Labute approximate surface area is 119 Å². The summed E-state index contributed by atoms with van der Waals surface area (Å²) in [4.78, 5) is 4.50. The molecule has 0 unspecified atom stereocenters. The first-order chi connectivity index (χ1) is 9.65. The first kappa shape index (κ1) is 14.4. The number of rotatable bonds is 6. The van der Waals surface area contributed by atoms with Crippen LogP contribution in [0, 0.1) is 13.8 Å². The molecule has 0 radical (unpaired) electrons. The summed E-state index contributed by atoms with van der Waals surface area (Å²) in [6.45, 7) is 5.38. The number of anilines is 1. The van der Waals surface area contributed by atoms with Crippen molar-refractivity contribution in [2.24, 2.45) is 0 Å². The normalized spacial score (nSPS) is 10.6. The van der Waals surface area contributed by atoms with Crippen molar-refractivity contribution in [3.63, 3.8) is 0 Å². The molecule has 108 valence electrons. The van der Waals surface area contributed by atoms with Gasteiger partial charge in [-0.15, -0.1) is 0 Å². The largest absolute Gasteiger partial charge is 0.496 e. The van der Waals surface area contributed by atoms with Crippen molar-refractivity contribution in [1.29, 1.82) is 0 Å². The number of aryl methyl sites for hydroxylation is 2. The zero-order valence-corrected chi connectivity index (χ0v) is 12.4. The van der Waals surface area contributed by atoms with Gasteiger partial charge >= 0.3 is 0 Å². The van der Waals surface area contributed by atoms with Gasteiger partial charge in [-0.1, -0.05) is 0 Å². The molecule has 2 aromatic rings. The van der Waals surface area contributed by atoms with Gasteiger partial charge in [0.1, 0.15) is 5.75 Å². The average molecular weight is 275 g/mol. The molecule has 0 saturated carbocycles. The molecule has 0 saturated heterocycles. The zero-order valence-electron chi connectivity index (χ0n) is 12.4. The molecule has 0 aliphatic rings. The van der Waals surface area contributed by atoms with Gasteiger partial charge in [0.25, 0.3) is 0 Å². The summed E-state index contributed by atoms with van der Waals surface area (Å²) in [5.41, 5.74) is 3.13. The summed E-state index contributed by atoms with van der Waals surface area (Å²) in [6.07, 6.45) is 2.01. The lowest BCUT2D eigenvalue weighted by Crippen LogP contribution is -2.11. The number of hydrogen-bond donors (Lipinski definition) is 1. The number of imidazole rings is 1. The second kappa shape index (κ2) is 6.43. The average Bonchev–Trinajstić information content (AvgIpc) is 2.80. The Kier molecular flexibility index (Phi) is 4.63. The summed E-state index contributed by atoms with van der Waals surface area (Å²) in [6, 6.07) is 6.08. The molecule has 0 spiro atoms. The van der Waals surface area contributed by atoms with Crippen LogP contribution in [0.15, 0.2) is 24.4 Å². The Morgan fingerprint density at radius 3 is 2.70 bits per heavy atom. The second-order valence-electron chi connectivity index (χ2n) is 4.65. The lowest BCUT2D eigenvalue weighted by atomic mass is 10.2. The van der Waals surface area contributed by atoms with E-state index in [-0.39, 0.29) is 0 Å². The second-order valence-corrected chi connectivity index (χ2v) is 4.65. The summed E-state index contributed by atoms with van der Waals surface area (Å²) in [5, 5.41) is 3.28. The molecule has 1 aromatic carbocycles. The lowest BCUT2D eigenvalue weighted by molar-refractivity contribution is 0.210. The topological polar surface area (TPSA) is 48.3 Å². The van der Waals surface area contributed by atoms with Crippen molar-refractivity contribution in [3.8, 4) is 11.4 Å². The van der Waals surface area contributed by atoms with Crippen LogP contribution in [-0.2, 0) is 4.74 Å². The quantitative estimate of drug-likeness (QED) is 0.823. The molecule has 0 aliphatic heterocycles. The highest BCUT2D eigenvalue weighted by Crippen LogP contribution is 2.23. The van der Waals surface area contributed by atoms with Crippen LogP contribution >= 0.6 is 0 Å². The number of nitrogens with one attached hydrogen (secondary N) is 1. The molecule has 0 amide bonds. The van der Waals surface area contributed by atoms with Crippen molar-refractivity contribution >= 4 is 5.95 Å². The highest BCUT2D eigenvalue weighted by molar-refractivity contribution is 5.48. The van der Waals surface area contributed by atoms with E-state index in [1.165, 1.54) is 0 Å². The summed E-state index contributed by atoms with van der Waals surface area (Å²) in [5.74, 6) is 1.71. The molecule has 0 bridgehead atoms. The van der Waals surface area contributed by atoms with Crippen LogP contribution in [0.3, 0.4) is 0 Å². The fraction of sp³-hybridized carbons (Fsp3) is 0.400. The maximum absolute atomic E-state index is 5.29. The zero-order chi connectivity index (χ0) is 14.5. The van der Waals surface area contributed by atoms with Gasteiger partial charge in [-0.2, -0.15) is 0 Å². The van der Waals surface area contributed by atoms with E-state index in [1.54, 1.807) is 14.2 Å². The van der Waals surface area contributed by atoms with Gasteiger partial charge in [0.15, 0.2) is 0 Å². The molecule has 5 nitrogen and oxygen atoms in total. The van der Waals surface area contributed by atoms with E-state index >= 15 is 0 Å². The Hall–Kier alpha value is -2.01. The van der Waals surface area contributed by atoms with Gasteiger partial charge < -0.3 is 14.8 Å². The summed E-state index contributed by atoms with van der Waals surface area (Å²) >= 11 is 0. The van der Waals surface area contributed by atoms with Crippen molar-refractivity contribution in [3.05, 3.63) is 35.7 Å².